The van der Waals surface area contributed by atoms with Gasteiger partial charge in [0.25, 0.3) is 19.7 Å². The molecule has 0 aromatic heterocycles. The van der Waals surface area contributed by atoms with Crippen molar-refractivity contribution in [2.24, 2.45) is 5.92 Å². The molecule has 5 nitrogen and oxygen atoms in total. The van der Waals surface area contributed by atoms with Gasteiger partial charge >= 0.3 is 11.0 Å². The van der Waals surface area contributed by atoms with Gasteiger partial charge in [0, 0.05) is 0 Å². The summed E-state index contributed by atoms with van der Waals surface area (Å²) in [5.41, 5.74) is -12.3. The molecule has 0 radical (unpaired) electrons. The minimum atomic E-state index is -6.62. The Morgan fingerprint density at radius 1 is 0.920 bits per heavy atom. The maximum absolute atomic E-state index is 12.6. The number of alkyl halides is 6. The predicted octanol–water partition coefficient (Wildman–Crippen LogP) is 3.54. The standard InChI is InChI=1S/C12H18F6O5S2/c1-7(2)9(23-8(3)4)5-6-10(24(19,20)11(13,14)15)25(21,22)12(16,17)18/h7,9-10H,3,5-6H2,1-2,4H3. The molecule has 1 unspecified atom stereocenters. The molecule has 0 saturated carbocycles. The summed E-state index contributed by atoms with van der Waals surface area (Å²) in [4.78, 5) is 0. The van der Waals surface area contributed by atoms with Gasteiger partial charge in [0.1, 0.15) is 6.10 Å². The molecule has 0 heterocycles. The molecule has 0 aliphatic carbocycles. The van der Waals surface area contributed by atoms with Crippen molar-refractivity contribution in [3.63, 3.8) is 0 Å². The summed E-state index contributed by atoms with van der Waals surface area (Å²) in [6.45, 7) is 7.75. The van der Waals surface area contributed by atoms with Gasteiger partial charge in [0.15, 0.2) is 4.58 Å². The number of sulfone groups is 2. The topological polar surface area (TPSA) is 77.5 Å². The fourth-order valence-corrected chi connectivity index (χ4v) is 5.34. The molecule has 25 heavy (non-hydrogen) atoms. The average molecular weight is 420 g/mol. The van der Waals surface area contributed by atoms with Crippen molar-refractivity contribution in [2.45, 2.75) is 55.3 Å². The first-order valence-electron chi connectivity index (χ1n) is 6.78. The smallest absolute Gasteiger partial charge is 0.495 e. The lowest BCUT2D eigenvalue weighted by atomic mass is 10.0. The van der Waals surface area contributed by atoms with Crippen molar-refractivity contribution in [2.75, 3.05) is 0 Å². The molecular weight excluding hydrogens is 402 g/mol. The molecule has 150 valence electrons. The van der Waals surface area contributed by atoms with Crippen molar-refractivity contribution in [1.29, 1.82) is 0 Å². The Labute approximate surface area is 141 Å². The first kappa shape index (κ1) is 24.0. The third-order valence-electron chi connectivity index (χ3n) is 3.12. The molecule has 0 saturated heterocycles. The Morgan fingerprint density at radius 3 is 1.52 bits per heavy atom. The van der Waals surface area contributed by atoms with Crippen molar-refractivity contribution in [1.82, 2.24) is 0 Å². The number of hydrogen-bond acceptors (Lipinski definition) is 5. The van der Waals surface area contributed by atoms with Crippen LogP contribution in [-0.2, 0) is 24.4 Å². The molecule has 0 N–H and O–H groups in total. The molecule has 0 bridgehead atoms. The van der Waals surface area contributed by atoms with Crippen LogP contribution in [0.3, 0.4) is 0 Å². The summed E-state index contributed by atoms with van der Waals surface area (Å²) in [7, 11) is -13.2. The van der Waals surface area contributed by atoms with E-state index in [0.29, 0.717) is 0 Å². The second-order valence-corrected chi connectivity index (χ2v) is 10.1. The van der Waals surface area contributed by atoms with Crippen LogP contribution < -0.4 is 0 Å². The second kappa shape index (κ2) is 7.72. The lowest BCUT2D eigenvalue weighted by Gasteiger charge is -2.26. The molecule has 0 aliphatic rings. The van der Waals surface area contributed by atoms with Crippen molar-refractivity contribution < 1.29 is 47.9 Å². The highest BCUT2D eigenvalue weighted by atomic mass is 32.3. The minimum Gasteiger partial charge on any atom is -0.495 e. The van der Waals surface area contributed by atoms with Gasteiger partial charge in [0.05, 0.1) is 5.76 Å². The monoisotopic (exact) mass is 420 g/mol. The normalized spacial score (nSPS) is 15.5. The van der Waals surface area contributed by atoms with Crippen LogP contribution in [0, 0.1) is 5.92 Å². The highest BCUT2D eigenvalue weighted by Gasteiger charge is 2.62. The van der Waals surface area contributed by atoms with Crippen LogP contribution in [-0.4, -0.2) is 38.5 Å². The molecule has 0 fully saturated rings. The highest BCUT2D eigenvalue weighted by Crippen LogP contribution is 2.38. The molecule has 0 amide bonds. The Kier molecular flexibility index (Phi) is 7.42. The molecule has 0 aliphatic heterocycles. The van der Waals surface area contributed by atoms with Crippen LogP contribution in [0.2, 0.25) is 0 Å². The van der Waals surface area contributed by atoms with Gasteiger partial charge in [-0.3, -0.25) is 0 Å². The summed E-state index contributed by atoms with van der Waals surface area (Å²) < 4.78 is 123. The van der Waals surface area contributed by atoms with Crippen LogP contribution in [0.15, 0.2) is 12.3 Å². The zero-order valence-electron chi connectivity index (χ0n) is 13.5. The van der Waals surface area contributed by atoms with E-state index in [2.05, 4.69) is 6.58 Å². The Bertz CT molecular complexity index is 632. The van der Waals surface area contributed by atoms with E-state index in [1.54, 1.807) is 0 Å². The first-order valence-corrected chi connectivity index (χ1v) is 9.87. The lowest BCUT2D eigenvalue weighted by Crippen LogP contribution is -2.45. The van der Waals surface area contributed by atoms with E-state index in [-0.39, 0.29) is 5.76 Å². The van der Waals surface area contributed by atoms with Gasteiger partial charge in [-0.1, -0.05) is 20.4 Å². The number of hydrogen-bond donors (Lipinski definition) is 0. The van der Waals surface area contributed by atoms with Gasteiger partial charge in [-0.15, -0.1) is 0 Å². The molecule has 0 aromatic carbocycles. The van der Waals surface area contributed by atoms with Gasteiger partial charge in [-0.05, 0) is 25.7 Å². The van der Waals surface area contributed by atoms with Gasteiger partial charge in [-0.25, -0.2) is 16.8 Å². The molecule has 13 heteroatoms. The Morgan fingerprint density at radius 2 is 1.28 bits per heavy atom. The van der Waals surface area contributed by atoms with Crippen molar-refractivity contribution in [3.05, 3.63) is 12.3 Å². The van der Waals surface area contributed by atoms with E-state index < -0.39 is 60.1 Å². The van der Waals surface area contributed by atoms with Crippen LogP contribution in [0.5, 0.6) is 0 Å². The zero-order valence-corrected chi connectivity index (χ0v) is 15.1. The highest BCUT2D eigenvalue weighted by molar-refractivity contribution is 8.09. The molecular formula is C12H18F6O5S2. The summed E-state index contributed by atoms with van der Waals surface area (Å²) in [6.07, 6.45) is -3.11. The maximum atomic E-state index is 12.6. The third kappa shape index (κ3) is 5.76. The SMILES string of the molecule is C=C(C)OC(CCC(S(=O)(=O)C(F)(F)F)S(=O)(=O)C(F)(F)F)C(C)C. The van der Waals surface area contributed by atoms with E-state index in [9.17, 15) is 43.2 Å². The molecule has 1 atom stereocenters. The van der Waals surface area contributed by atoms with Crippen LogP contribution >= 0.6 is 0 Å². The van der Waals surface area contributed by atoms with E-state index in [4.69, 9.17) is 4.74 Å². The van der Waals surface area contributed by atoms with E-state index in [1.165, 1.54) is 20.8 Å². The zero-order chi connectivity index (χ0) is 20.4. The van der Waals surface area contributed by atoms with Crippen molar-refractivity contribution in [3.8, 4) is 0 Å². The first-order chi connectivity index (χ1) is 10.9. The lowest BCUT2D eigenvalue weighted by molar-refractivity contribution is -0.0475. The van der Waals surface area contributed by atoms with E-state index >= 15 is 0 Å². The molecule has 0 aromatic rings. The minimum absolute atomic E-state index is 0.0904. The average Bonchev–Trinajstić information content (AvgIpc) is 2.33. The van der Waals surface area contributed by atoms with E-state index in [0.717, 1.165) is 0 Å². The number of ether oxygens (including phenoxy) is 1. The number of allylic oxidation sites excluding steroid dienone is 1. The Hall–Kier alpha value is -0.980. The fourth-order valence-electron chi connectivity index (χ4n) is 1.86. The fraction of sp³-hybridized carbons (Fsp3) is 0.833. The summed E-state index contributed by atoms with van der Waals surface area (Å²) in [5.74, 6) is -0.355. The van der Waals surface area contributed by atoms with Gasteiger partial charge in [-0.2, -0.15) is 26.3 Å². The largest absolute Gasteiger partial charge is 0.498 e. The van der Waals surface area contributed by atoms with Gasteiger partial charge < -0.3 is 4.74 Å². The van der Waals surface area contributed by atoms with E-state index in [1.807, 2.05) is 0 Å². The quantitative estimate of drug-likeness (QED) is 0.444. The number of halogens is 6. The number of rotatable bonds is 8. The summed E-state index contributed by atoms with van der Waals surface area (Å²) in [5, 5.41) is 0. The molecule has 0 spiro atoms. The predicted molar refractivity (Wildman–Crippen MR) is 77.5 cm³/mol. The van der Waals surface area contributed by atoms with Crippen LogP contribution in [0.4, 0.5) is 26.3 Å². The van der Waals surface area contributed by atoms with Gasteiger partial charge in [0.2, 0.25) is 0 Å². The third-order valence-corrected chi connectivity index (χ3v) is 7.79. The summed E-state index contributed by atoms with van der Waals surface area (Å²) >= 11 is 0. The summed E-state index contributed by atoms with van der Waals surface area (Å²) in [6, 6.07) is 0. The van der Waals surface area contributed by atoms with Crippen LogP contribution in [0.1, 0.15) is 33.6 Å². The van der Waals surface area contributed by atoms with Crippen molar-refractivity contribution >= 4 is 19.7 Å². The van der Waals surface area contributed by atoms with Crippen LogP contribution in [0.25, 0.3) is 0 Å². The molecule has 0 rings (SSSR count). The maximum Gasteiger partial charge on any atom is 0.498 e. The Balaban J connectivity index is 5.93. The second-order valence-electron chi connectivity index (χ2n) is 5.59.